The molecule has 7 nitrogen and oxygen atoms in total. The van der Waals surface area contributed by atoms with Crippen molar-refractivity contribution in [3.05, 3.63) is 58.1 Å². The molecule has 27 heavy (non-hydrogen) atoms. The minimum absolute atomic E-state index is 0.0311. The van der Waals surface area contributed by atoms with Gasteiger partial charge in [0.05, 0.1) is 16.2 Å². The van der Waals surface area contributed by atoms with Gasteiger partial charge >= 0.3 is 0 Å². The molecule has 2 aromatic rings. The van der Waals surface area contributed by atoms with Crippen molar-refractivity contribution >= 4 is 23.4 Å². The molecule has 1 aliphatic rings. The molecule has 0 bridgehead atoms. The van der Waals surface area contributed by atoms with Crippen LogP contribution in [0.3, 0.4) is 0 Å². The first-order valence-corrected chi connectivity index (χ1v) is 9.42. The smallest absolute Gasteiger partial charge is 0.269 e. The number of carbonyl (C=O) groups is 1. The van der Waals surface area contributed by atoms with Crippen LogP contribution in [0.15, 0.2) is 47.4 Å². The lowest BCUT2D eigenvalue weighted by atomic mass is 9.93. The fourth-order valence-electron chi connectivity index (χ4n) is 2.70. The number of nitro benzene ring substituents is 1. The summed E-state index contributed by atoms with van der Waals surface area (Å²) in [5.41, 5.74) is 0.368. The van der Waals surface area contributed by atoms with E-state index in [1.807, 2.05) is 32.0 Å². The van der Waals surface area contributed by atoms with Gasteiger partial charge in [-0.3, -0.25) is 14.9 Å². The van der Waals surface area contributed by atoms with Gasteiger partial charge in [-0.2, -0.15) is 0 Å². The summed E-state index contributed by atoms with van der Waals surface area (Å²) < 4.78 is 11.1. The monoisotopic (exact) mass is 388 g/mol. The highest BCUT2D eigenvalue weighted by Crippen LogP contribution is 2.34. The Kier molecular flexibility index (Phi) is 5.55. The molecule has 2 aromatic carbocycles. The van der Waals surface area contributed by atoms with Crippen LogP contribution in [0.2, 0.25) is 0 Å². The second-order valence-electron chi connectivity index (χ2n) is 6.57. The third-order valence-corrected chi connectivity index (χ3v) is 5.15. The van der Waals surface area contributed by atoms with Crippen molar-refractivity contribution in [2.24, 2.45) is 0 Å². The maximum absolute atomic E-state index is 12.4. The molecule has 142 valence electrons. The lowest BCUT2D eigenvalue weighted by Gasteiger charge is -2.28. The molecule has 1 amide bonds. The summed E-state index contributed by atoms with van der Waals surface area (Å²) in [6, 6.07) is 11.8. The fraction of sp³-hybridized carbons (Fsp3) is 0.316. The standard InChI is InChI=1S/C19H20N2O5S/c1-19(2,13-3-8-16-17(11-13)26-10-9-25-16)20-18(22)12-27-15-6-4-14(5-7-15)21(23)24/h3-8,11H,9-10,12H2,1-2H3,(H,20,22). The van der Waals surface area contributed by atoms with E-state index in [-0.39, 0.29) is 17.3 Å². The lowest BCUT2D eigenvalue weighted by molar-refractivity contribution is -0.384. The average Bonchev–Trinajstić information content (AvgIpc) is 2.66. The van der Waals surface area contributed by atoms with Crippen molar-refractivity contribution in [3.63, 3.8) is 0 Å². The van der Waals surface area contributed by atoms with E-state index in [0.29, 0.717) is 24.7 Å². The Morgan fingerprint density at radius 2 is 1.81 bits per heavy atom. The summed E-state index contributed by atoms with van der Waals surface area (Å²) in [7, 11) is 0. The van der Waals surface area contributed by atoms with Crippen molar-refractivity contribution in [1.82, 2.24) is 5.32 Å². The van der Waals surface area contributed by atoms with Gasteiger partial charge in [-0.15, -0.1) is 11.8 Å². The number of nitrogens with one attached hydrogen (secondary N) is 1. The third kappa shape index (κ3) is 4.71. The van der Waals surface area contributed by atoms with Gasteiger partial charge in [0.1, 0.15) is 13.2 Å². The number of non-ortho nitro benzene ring substituents is 1. The molecule has 0 aromatic heterocycles. The molecule has 0 saturated heterocycles. The molecule has 0 atom stereocenters. The molecule has 0 fully saturated rings. The first-order chi connectivity index (χ1) is 12.8. The molecule has 1 aliphatic heterocycles. The highest BCUT2D eigenvalue weighted by molar-refractivity contribution is 8.00. The Morgan fingerprint density at radius 1 is 1.15 bits per heavy atom. The van der Waals surface area contributed by atoms with Gasteiger partial charge in [0.2, 0.25) is 5.91 Å². The van der Waals surface area contributed by atoms with Crippen LogP contribution in [0.25, 0.3) is 0 Å². The van der Waals surface area contributed by atoms with Crippen LogP contribution in [0.5, 0.6) is 11.5 Å². The normalized spacial score (nSPS) is 13.1. The molecule has 0 spiro atoms. The van der Waals surface area contributed by atoms with Gasteiger partial charge < -0.3 is 14.8 Å². The number of ether oxygens (including phenoxy) is 2. The highest BCUT2D eigenvalue weighted by atomic mass is 32.2. The number of rotatable bonds is 6. The molecule has 3 rings (SSSR count). The Balaban J connectivity index is 1.60. The molecular formula is C19H20N2O5S. The predicted molar refractivity (Wildman–Crippen MR) is 102 cm³/mol. The van der Waals surface area contributed by atoms with E-state index in [0.717, 1.165) is 10.5 Å². The van der Waals surface area contributed by atoms with Crippen LogP contribution in [0.4, 0.5) is 5.69 Å². The van der Waals surface area contributed by atoms with E-state index in [9.17, 15) is 14.9 Å². The van der Waals surface area contributed by atoms with Crippen LogP contribution in [0.1, 0.15) is 19.4 Å². The van der Waals surface area contributed by atoms with Crippen molar-refractivity contribution < 1.29 is 19.2 Å². The molecule has 0 aliphatic carbocycles. The van der Waals surface area contributed by atoms with Gasteiger partial charge in [0, 0.05) is 17.0 Å². The quantitative estimate of drug-likeness (QED) is 0.463. The van der Waals surface area contributed by atoms with Crippen LogP contribution < -0.4 is 14.8 Å². The number of hydrogen-bond donors (Lipinski definition) is 1. The summed E-state index contributed by atoms with van der Waals surface area (Å²) in [6.07, 6.45) is 0. The number of benzene rings is 2. The minimum Gasteiger partial charge on any atom is -0.486 e. The number of fused-ring (bicyclic) bond motifs is 1. The zero-order chi connectivity index (χ0) is 19.4. The maximum Gasteiger partial charge on any atom is 0.269 e. The Bertz CT molecular complexity index is 852. The first-order valence-electron chi connectivity index (χ1n) is 8.43. The van der Waals surface area contributed by atoms with Gasteiger partial charge in [0.25, 0.3) is 5.69 Å². The highest BCUT2D eigenvalue weighted by Gasteiger charge is 2.25. The van der Waals surface area contributed by atoms with Gasteiger partial charge in [-0.05, 0) is 43.7 Å². The number of amides is 1. The van der Waals surface area contributed by atoms with E-state index in [2.05, 4.69) is 5.32 Å². The van der Waals surface area contributed by atoms with Gasteiger partial charge in [-0.1, -0.05) is 6.07 Å². The lowest BCUT2D eigenvalue weighted by Crippen LogP contribution is -2.42. The minimum atomic E-state index is -0.580. The van der Waals surface area contributed by atoms with Crippen LogP contribution in [-0.4, -0.2) is 29.8 Å². The summed E-state index contributed by atoms with van der Waals surface area (Å²) in [6.45, 7) is 4.89. The number of thioether (sulfide) groups is 1. The number of hydrogen-bond acceptors (Lipinski definition) is 6. The zero-order valence-corrected chi connectivity index (χ0v) is 15.9. The fourth-order valence-corrected chi connectivity index (χ4v) is 3.40. The Morgan fingerprint density at radius 3 is 2.48 bits per heavy atom. The van der Waals surface area contributed by atoms with E-state index in [4.69, 9.17) is 9.47 Å². The molecular weight excluding hydrogens is 368 g/mol. The summed E-state index contributed by atoms with van der Waals surface area (Å²) in [4.78, 5) is 23.4. The van der Waals surface area contributed by atoms with Crippen LogP contribution in [-0.2, 0) is 10.3 Å². The molecule has 1 N–H and O–H groups in total. The molecule has 8 heteroatoms. The zero-order valence-electron chi connectivity index (χ0n) is 15.1. The van der Waals surface area contributed by atoms with Gasteiger partial charge in [-0.25, -0.2) is 0 Å². The second kappa shape index (κ2) is 7.87. The first kappa shape index (κ1) is 19.0. The van der Waals surface area contributed by atoms with Gasteiger partial charge in [0.15, 0.2) is 11.5 Å². The van der Waals surface area contributed by atoms with Crippen molar-refractivity contribution in [2.45, 2.75) is 24.3 Å². The second-order valence-corrected chi connectivity index (χ2v) is 7.62. The van der Waals surface area contributed by atoms with Crippen molar-refractivity contribution in [2.75, 3.05) is 19.0 Å². The maximum atomic E-state index is 12.4. The molecule has 0 saturated carbocycles. The van der Waals surface area contributed by atoms with Crippen LogP contribution >= 0.6 is 11.8 Å². The number of nitro groups is 1. The predicted octanol–water partition coefficient (Wildman–Crippen LogP) is 3.51. The van der Waals surface area contributed by atoms with E-state index < -0.39 is 10.5 Å². The third-order valence-electron chi connectivity index (χ3n) is 4.13. The topological polar surface area (TPSA) is 90.7 Å². The summed E-state index contributed by atoms with van der Waals surface area (Å²) >= 11 is 1.33. The average molecular weight is 388 g/mol. The van der Waals surface area contributed by atoms with E-state index in [1.165, 1.54) is 23.9 Å². The van der Waals surface area contributed by atoms with E-state index in [1.54, 1.807) is 12.1 Å². The van der Waals surface area contributed by atoms with Crippen molar-refractivity contribution in [1.29, 1.82) is 0 Å². The molecule has 0 radical (unpaired) electrons. The Labute approximate surface area is 161 Å². The van der Waals surface area contributed by atoms with Crippen LogP contribution in [0, 0.1) is 10.1 Å². The summed E-state index contributed by atoms with van der Waals surface area (Å²) in [5.74, 6) is 1.48. The SMILES string of the molecule is CC(C)(NC(=O)CSc1ccc([N+](=O)[O-])cc1)c1ccc2c(c1)OCCO2. The van der Waals surface area contributed by atoms with E-state index >= 15 is 0 Å². The number of carbonyl (C=O) groups excluding carboxylic acids is 1. The summed E-state index contributed by atoms with van der Waals surface area (Å²) in [5, 5.41) is 13.7. The Hall–Kier alpha value is -2.74. The molecule has 1 heterocycles. The molecule has 0 unspecified atom stereocenters. The number of nitrogens with zero attached hydrogens (tertiary/aromatic N) is 1. The largest absolute Gasteiger partial charge is 0.486 e. The van der Waals surface area contributed by atoms with Crippen molar-refractivity contribution in [3.8, 4) is 11.5 Å².